The fourth-order valence-corrected chi connectivity index (χ4v) is 2.71. The van der Waals surface area contributed by atoms with E-state index in [-0.39, 0.29) is 6.15 Å². The first-order chi connectivity index (χ1) is 10.7. The number of carbonyl (C=O) groups excluding carboxylic acids is 2. The van der Waals surface area contributed by atoms with Crippen LogP contribution in [-0.2, 0) is 22.3 Å². The van der Waals surface area contributed by atoms with E-state index in [2.05, 4.69) is 9.80 Å². The average Bonchev–Trinajstić information content (AvgIpc) is 2.89. The number of hydrogen-bond donors (Lipinski definition) is 0. The van der Waals surface area contributed by atoms with Gasteiger partial charge >= 0.3 is 12.3 Å². The molecule has 1 aromatic rings. The molecule has 7 heteroatoms. The smallest absolute Gasteiger partial charge is 0.305 e. The van der Waals surface area contributed by atoms with Gasteiger partial charge < -0.3 is 4.90 Å². The molecule has 1 saturated heterocycles. The van der Waals surface area contributed by atoms with E-state index in [9.17, 15) is 13.2 Å². The van der Waals surface area contributed by atoms with E-state index in [1.165, 1.54) is 6.07 Å². The van der Waals surface area contributed by atoms with Crippen LogP contribution in [0.5, 0.6) is 0 Å². The Labute approximate surface area is 133 Å². The van der Waals surface area contributed by atoms with E-state index in [0.29, 0.717) is 23.7 Å². The normalized spacial score (nSPS) is 18.5. The lowest BCUT2D eigenvalue weighted by Gasteiger charge is -2.22. The van der Waals surface area contributed by atoms with Gasteiger partial charge in [0.15, 0.2) is 0 Å². The maximum atomic E-state index is 13.1. The molecule has 0 N–H and O–H groups in total. The van der Waals surface area contributed by atoms with Crippen LogP contribution in [0.25, 0.3) is 0 Å². The highest BCUT2D eigenvalue weighted by atomic mass is 19.4. The molecule has 1 aromatic carbocycles. The second-order valence-electron chi connectivity index (χ2n) is 5.88. The topological polar surface area (TPSA) is 40.6 Å². The molecular weight excluding hydrogens is 309 g/mol. The second kappa shape index (κ2) is 8.24. The second-order valence-corrected chi connectivity index (χ2v) is 5.88. The summed E-state index contributed by atoms with van der Waals surface area (Å²) in [5.74, 6) is 0. The molecule has 1 unspecified atom stereocenters. The van der Waals surface area contributed by atoms with Crippen molar-refractivity contribution in [2.45, 2.75) is 32.1 Å². The number of likely N-dealkylation sites (N-methyl/N-ethyl adjacent to an activating group) is 1. The Morgan fingerprint density at radius 3 is 2.39 bits per heavy atom. The van der Waals surface area contributed by atoms with Crippen LogP contribution in [0, 0.1) is 6.92 Å². The minimum Gasteiger partial charge on any atom is -0.305 e. The van der Waals surface area contributed by atoms with E-state index in [0.717, 1.165) is 19.5 Å². The van der Waals surface area contributed by atoms with Gasteiger partial charge in [0.25, 0.3) is 0 Å². The average molecular weight is 330 g/mol. The minimum absolute atomic E-state index is 0.250. The fourth-order valence-electron chi connectivity index (χ4n) is 2.71. The van der Waals surface area contributed by atoms with E-state index >= 15 is 0 Å². The van der Waals surface area contributed by atoms with Gasteiger partial charge in [-0.25, -0.2) is 0 Å². The fraction of sp³-hybridized carbons (Fsp3) is 0.562. The maximum absolute atomic E-state index is 13.1. The summed E-state index contributed by atoms with van der Waals surface area (Å²) in [7, 11) is 4.03. The molecular formula is C16H21F3N2O2. The summed E-state index contributed by atoms with van der Waals surface area (Å²) in [6.45, 7) is 3.75. The van der Waals surface area contributed by atoms with Crippen molar-refractivity contribution in [1.29, 1.82) is 0 Å². The first-order valence-electron chi connectivity index (χ1n) is 7.23. The van der Waals surface area contributed by atoms with Gasteiger partial charge in [-0.3, -0.25) is 4.90 Å². The molecule has 128 valence electrons. The highest BCUT2D eigenvalue weighted by Crippen LogP contribution is 2.33. The summed E-state index contributed by atoms with van der Waals surface area (Å²) >= 11 is 0. The first kappa shape index (κ1) is 19.4. The number of likely N-dealkylation sites (tertiary alicyclic amines) is 1. The third kappa shape index (κ3) is 5.78. The predicted molar refractivity (Wildman–Crippen MR) is 78.6 cm³/mol. The third-order valence-corrected chi connectivity index (χ3v) is 3.94. The number of benzene rings is 1. The molecule has 0 aromatic heterocycles. The van der Waals surface area contributed by atoms with Gasteiger partial charge in [0, 0.05) is 25.7 Å². The summed E-state index contributed by atoms with van der Waals surface area (Å²) in [5, 5.41) is 0. The largest absolute Gasteiger partial charge is 0.416 e. The zero-order chi connectivity index (χ0) is 17.6. The van der Waals surface area contributed by atoms with Crippen molar-refractivity contribution in [3.8, 4) is 0 Å². The lowest BCUT2D eigenvalue weighted by Crippen LogP contribution is -2.31. The zero-order valence-corrected chi connectivity index (χ0v) is 13.5. The van der Waals surface area contributed by atoms with Gasteiger partial charge in [-0.05, 0) is 39.1 Å². The van der Waals surface area contributed by atoms with Crippen molar-refractivity contribution in [2.75, 3.05) is 27.2 Å². The Balaban J connectivity index is 0.000000816. The van der Waals surface area contributed by atoms with E-state index < -0.39 is 11.7 Å². The van der Waals surface area contributed by atoms with Crippen molar-refractivity contribution < 1.29 is 22.8 Å². The van der Waals surface area contributed by atoms with Crippen molar-refractivity contribution in [1.82, 2.24) is 9.80 Å². The molecule has 1 atom stereocenters. The summed E-state index contributed by atoms with van der Waals surface area (Å²) in [4.78, 5) is 20.5. The van der Waals surface area contributed by atoms with Gasteiger partial charge in [0.2, 0.25) is 0 Å². The van der Waals surface area contributed by atoms with Crippen LogP contribution in [0.1, 0.15) is 23.1 Å². The van der Waals surface area contributed by atoms with Crippen molar-refractivity contribution in [3.63, 3.8) is 0 Å². The molecule has 1 aliphatic rings. The monoisotopic (exact) mass is 330 g/mol. The summed E-state index contributed by atoms with van der Waals surface area (Å²) in [5.41, 5.74) is 0.530. The van der Waals surface area contributed by atoms with Crippen LogP contribution in [0.4, 0.5) is 13.2 Å². The molecule has 0 bridgehead atoms. The Bertz CT molecular complexity index is 553. The zero-order valence-electron chi connectivity index (χ0n) is 13.5. The Kier molecular flexibility index (Phi) is 6.94. The quantitative estimate of drug-likeness (QED) is 0.854. The number of rotatable bonds is 3. The van der Waals surface area contributed by atoms with Gasteiger partial charge in [-0.2, -0.15) is 22.8 Å². The standard InChI is InChI=1S/C15H21F3N2.CO2/c1-11-4-5-12(14(8-11)15(16,17)18)9-20-7-6-13(10-20)19(2)3;2-1-3/h4-5,8,13H,6-7,9-10H2,1-3H3;. The van der Waals surface area contributed by atoms with Crippen molar-refractivity contribution >= 4 is 6.15 Å². The van der Waals surface area contributed by atoms with Crippen LogP contribution in [0.2, 0.25) is 0 Å². The van der Waals surface area contributed by atoms with Gasteiger partial charge in [-0.1, -0.05) is 17.7 Å². The Morgan fingerprint density at radius 1 is 1.30 bits per heavy atom. The molecule has 1 fully saturated rings. The molecule has 1 aliphatic heterocycles. The number of aryl methyl sites for hydroxylation is 1. The first-order valence-corrected chi connectivity index (χ1v) is 7.23. The van der Waals surface area contributed by atoms with Crippen LogP contribution in [0.3, 0.4) is 0 Å². The molecule has 0 spiro atoms. The van der Waals surface area contributed by atoms with E-state index in [1.807, 2.05) is 14.1 Å². The SMILES string of the molecule is Cc1ccc(CN2CCC(N(C)C)C2)c(C(F)(F)F)c1.O=C=O. The van der Waals surface area contributed by atoms with Crippen LogP contribution < -0.4 is 0 Å². The van der Waals surface area contributed by atoms with Crippen LogP contribution in [-0.4, -0.2) is 49.2 Å². The van der Waals surface area contributed by atoms with E-state index in [4.69, 9.17) is 9.59 Å². The predicted octanol–water partition coefficient (Wildman–Crippen LogP) is 2.57. The molecule has 0 saturated carbocycles. The molecule has 23 heavy (non-hydrogen) atoms. The van der Waals surface area contributed by atoms with Crippen molar-refractivity contribution in [2.24, 2.45) is 0 Å². The summed E-state index contributed by atoms with van der Waals surface area (Å²) < 4.78 is 39.2. The molecule has 0 amide bonds. The number of nitrogens with zero attached hydrogens (tertiary/aromatic N) is 2. The van der Waals surface area contributed by atoms with Crippen LogP contribution in [0.15, 0.2) is 18.2 Å². The minimum atomic E-state index is -4.28. The maximum Gasteiger partial charge on any atom is 0.416 e. The van der Waals surface area contributed by atoms with Gasteiger partial charge in [0.1, 0.15) is 0 Å². The summed E-state index contributed by atoms with van der Waals surface area (Å²) in [6, 6.07) is 5.05. The highest BCUT2D eigenvalue weighted by Gasteiger charge is 2.34. The molecule has 2 rings (SSSR count). The molecule has 1 heterocycles. The number of halogens is 3. The molecule has 0 radical (unpaired) electrons. The Morgan fingerprint density at radius 2 is 1.91 bits per heavy atom. The van der Waals surface area contributed by atoms with Crippen LogP contribution >= 0.6 is 0 Å². The molecule has 0 aliphatic carbocycles. The van der Waals surface area contributed by atoms with Gasteiger partial charge in [0.05, 0.1) is 5.56 Å². The van der Waals surface area contributed by atoms with E-state index in [1.54, 1.807) is 19.1 Å². The highest BCUT2D eigenvalue weighted by molar-refractivity contribution is 5.33. The Hall–Kier alpha value is -1.69. The van der Waals surface area contributed by atoms with Crippen molar-refractivity contribution in [3.05, 3.63) is 34.9 Å². The van der Waals surface area contributed by atoms with Gasteiger partial charge in [-0.15, -0.1) is 0 Å². The number of hydrogen-bond acceptors (Lipinski definition) is 4. The number of alkyl halides is 3. The third-order valence-electron chi connectivity index (χ3n) is 3.94. The lowest BCUT2D eigenvalue weighted by molar-refractivity contribution is -0.191. The summed E-state index contributed by atoms with van der Waals surface area (Å²) in [6.07, 6.45) is -3.01. The molecule has 4 nitrogen and oxygen atoms in total. The lowest BCUT2D eigenvalue weighted by atomic mass is 10.0.